The van der Waals surface area contributed by atoms with E-state index in [0.29, 0.717) is 21.9 Å². The van der Waals surface area contributed by atoms with Gasteiger partial charge >= 0.3 is 0 Å². The number of nitrogens with zero attached hydrogens (tertiary/aromatic N) is 2. The van der Waals surface area contributed by atoms with E-state index < -0.39 is 0 Å². The Morgan fingerprint density at radius 2 is 1.74 bits per heavy atom. The third-order valence-corrected chi connectivity index (χ3v) is 7.42. The molecule has 0 saturated heterocycles. The molecule has 5 rings (SSSR count). The van der Waals surface area contributed by atoms with Crippen LogP contribution in [0.5, 0.6) is 5.75 Å². The van der Waals surface area contributed by atoms with E-state index in [-0.39, 0.29) is 18.4 Å². The molecule has 0 radical (unpaired) electrons. The van der Waals surface area contributed by atoms with Crippen molar-refractivity contribution in [2.75, 3.05) is 17.2 Å². The van der Waals surface area contributed by atoms with Gasteiger partial charge in [-0.15, -0.1) is 11.3 Å². The summed E-state index contributed by atoms with van der Waals surface area (Å²) in [6.45, 7) is 3.77. The van der Waals surface area contributed by atoms with E-state index in [1.54, 1.807) is 30.3 Å². The molecule has 0 unspecified atom stereocenters. The van der Waals surface area contributed by atoms with Gasteiger partial charge in [-0.1, -0.05) is 59.6 Å². The average Bonchev–Trinajstić information content (AvgIpc) is 3.47. The minimum absolute atomic E-state index is 0.190. The average molecular weight is 610 g/mol. The highest BCUT2D eigenvalue weighted by Crippen LogP contribution is 2.28. The lowest BCUT2D eigenvalue weighted by Crippen LogP contribution is -2.20. The Balaban J connectivity index is 1.11. The van der Waals surface area contributed by atoms with Gasteiger partial charge in [0.15, 0.2) is 11.7 Å². The molecule has 4 aromatic carbocycles. The number of aromatic nitrogens is 1. The fraction of sp³-hybridized carbons (Fsp3) is 0.0909. The summed E-state index contributed by atoms with van der Waals surface area (Å²) >= 11 is 7.85. The van der Waals surface area contributed by atoms with Crippen LogP contribution in [-0.2, 0) is 4.79 Å². The van der Waals surface area contributed by atoms with Crippen LogP contribution >= 0.6 is 22.9 Å². The number of rotatable bonds is 10. The fourth-order valence-electron chi connectivity index (χ4n) is 4.00. The van der Waals surface area contributed by atoms with Crippen LogP contribution in [0.15, 0.2) is 101 Å². The van der Waals surface area contributed by atoms with Gasteiger partial charge in [0.1, 0.15) is 5.75 Å². The van der Waals surface area contributed by atoms with Gasteiger partial charge < -0.3 is 15.4 Å². The topological polar surface area (TPSA) is 105 Å². The van der Waals surface area contributed by atoms with Gasteiger partial charge in [0.25, 0.3) is 11.8 Å². The summed E-state index contributed by atoms with van der Waals surface area (Å²) < 4.78 is 5.57. The van der Waals surface area contributed by atoms with Crippen LogP contribution < -0.4 is 20.8 Å². The maximum atomic E-state index is 12.6. The molecule has 10 heteroatoms. The molecule has 0 atom stereocenters. The fourth-order valence-corrected chi connectivity index (χ4v) is 4.99. The number of nitrogens with one attached hydrogen (secondary N) is 3. The van der Waals surface area contributed by atoms with E-state index in [2.05, 4.69) is 26.1 Å². The number of ether oxygens (including phenoxy) is 1. The molecule has 0 spiro atoms. The Hall–Kier alpha value is -4.99. The maximum Gasteiger partial charge on any atom is 0.271 e. The van der Waals surface area contributed by atoms with Gasteiger partial charge in [0, 0.05) is 27.9 Å². The second-order valence-electron chi connectivity index (χ2n) is 9.65. The highest BCUT2D eigenvalue weighted by atomic mass is 35.5. The van der Waals surface area contributed by atoms with E-state index in [1.807, 2.05) is 79.9 Å². The first-order valence-corrected chi connectivity index (χ1v) is 14.6. The smallest absolute Gasteiger partial charge is 0.271 e. The van der Waals surface area contributed by atoms with Gasteiger partial charge in [0.2, 0.25) is 0 Å². The lowest BCUT2D eigenvalue weighted by Gasteiger charge is -2.10. The quantitative estimate of drug-likeness (QED) is 0.112. The number of aryl methyl sites for hydroxylation is 2. The molecule has 0 saturated carbocycles. The number of amides is 2. The molecule has 0 aliphatic carbocycles. The van der Waals surface area contributed by atoms with Crippen molar-refractivity contribution in [1.82, 2.24) is 10.4 Å². The highest BCUT2D eigenvalue weighted by Gasteiger charge is 2.10. The number of hydrogen-bond acceptors (Lipinski definition) is 7. The van der Waals surface area contributed by atoms with Crippen molar-refractivity contribution in [1.29, 1.82) is 0 Å². The molecule has 3 N–H and O–H groups in total. The van der Waals surface area contributed by atoms with Crippen LogP contribution in [0.4, 0.5) is 16.5 Å². The predicted molar refractivity (Wildman–Crippen MR) is 174 cm³/mol. The molecule has 0 fully saturated rings. The molecule has 8 nitrogen and oxygen atoms in total. The number of hydrogen-bond donors (Lipinski definition) is 3. The lowest BCUT2D eigenvalue weighted by atomic mass is 10.1. The van der Waals surface area contributed by atoms with Crippen molar-refractivity contribution in [3.63, 3.8) is 0 Å². The minimum Gasteiger partial charge on any atom is -0.482 e. The number of thiazole rings is 1. The molecule has 2 amide bonds. The second-order valence-corrected chi connectivity index (χ2v) is 10.9. The molecule has 1 heterocycles. The Kier molecular flexibility index (Phi) is 9.46. The number of carbonyl (C=O) groups is 2. The van der Waals surface area contributed by atoms with E-state index in [4.69, 9.17) is 16.3 Å². The minimum atomic E-state index is -0.353. The second kappa shape index (κ2) is 13.8. The Labute approximate surface area is 258 Å². The van der Waals surface area contributed by atoms with Gasteiger partial charge in [-0.05, 0) is 73.5 Å². The number of hydrazone groups is 1. The van der Waals surface area contributed by atoms with Gasteiger partial charge in [0.05, 0.1) is 16.9 Å². The van der Waals surface area contributed by atoms with Gasteiger partial charge in [-0.2, -0.15) is 5.10 Å². The number of benzene rings is 4. The van der Waals surface area contributed by atoms with Crippen molar-refractivity contribution < 1.29 is 14.3 Å². The zero-order valence-corrected chi connectivity index (χ0v) is 25.0. The van der Waals surface area contributed by atoms with Crippen LogP contribution in [-0.4, -0.2) is 29.6 Å². The molecular weight excluding hydrogens is 582 g/mol. The third-order valence-electron chi connectivity index (χ3n) is 6.36. The van der Waals surface area contributed by atoms with Crippen molar-refractivity contribution in [2.24, 2.45) is 5.10 Å². The van der Waals surface area contributed by atoms with Crippen molar-refractivity contribution in [3.8, 4) is 17.0 Å². The molecule has 0 bridgehead atoms. The Morgan fingerprint density at radius 1 is 0.977 bits per heavy atom. The van der Waals surface area contributed by atoms with E-state index in [9.17, 15) is 9.59 Å². The summed E-state index contributed by atoms with van der Waals surface area (Å²) in [5, 5.41) is 13.2. The van der Waals surface area contributed by atoms with Crippen LogP contribution in [0.25, 0.3) is 11.3 Å². The SMILES string of the molecule is Cc1ccc(Nc2nc(-c3ccc(C(=O)N/N=C/c4ccc(OCC(=O)Nc5ccccc5C)c(Cl)c4)cc3)cs2)cc1. The Bertz CT molecular complexity index is 1770. The first-order chi connectivity index (χ1) is 20.8. The monoisotopic (exact) mass is 609 g/mol. The first kappa shape index (κ1) is 29.5. The zero-order valence-electron chi connectivity index (χ0n) is 23.4. The predicted octanol–water partition coefficient (Wildman–Crippen LogP) is 7.61. The molecule has 1 aromatic heterocycles. The molecule has 216 valence electrons. The zero-order chi connectivity index (χ0) is 30.2. The largest absolute Gasteiger partial charge is 0.482 e. The van der Waals surface area contributed by atoms with Crippen LogP contribution in [0, 0.1) is 13.8 Å². The highest BCUT2D eigenvalue weighted by molar-refractivity contribution is 7.14. The van der Waals surface area contributed by atoms with Crippen molar-refractivity contribution in [3.05, 3.63) is 124 Å². The summed E-state index contributed by atoms with van der Waals surface area (Å²) in [5.74, 6) is -0.284. The molecular formula is C33H28ClN5O3S. The van der Waals surface area contributed by atoms with E-state index >= 15 is 0 Å². The van der Waals surface area contributed by atoms with Crippen LogP contribution in [0.1, 0.15) is 27.0 Å². The number of halogens is 1. The van der Waals surface area contributed by atoms with Crippen LogP contribution in [0.3, 0.4) is 0 Å². The van der Waals surface area contributed by atoms with E-state index in [0.717, 1.165) is 33.3 Å². The van der Waals surface area contributed by atoms with Crippen molar-refractivity contribution >= 4 is 57.5 Å². The van der Waals surface area contributed by atoms with Crippen molar-refractivity contribution in [2.45, 2.75) is 13.8 Å². The number of para-hydroxylation sites is 1. The first-order valence-electron chi connectivity index (χ1n) is 13.3. The lowest BCUT2D eigenvalue weighted by molar-refractivity contribution is -0.118. The standard InChI is InChI=1S/C33H28ClN5O3S/c1-21-7-14-26(15-8-21)36-33-38-29(20-43-33)24-10-12-25(13-11-24)32(41)39-35-18-23-9-16-30(27(34)17-23)42-19-31(40)37-28-6-4-3-5-22(28)2/h3-18,20H,19H2,1-2H3,(H,36,38)(H,37,40)(H,39,41)/b35-18+. The molecule has 5 aromatic rings. The summed E-state index contributed by atoms with van der Waals surface area (Å²) in [7, 11) is 0. The maximum absolute atomic E-state index is 12.6. The summed E-state index contributed by atoms with van der Waals surface area (Å²) in [6.07, 6.45) is 1.48. The third kappa shape index (κ3) is 8.06. The molecule has 0 aliphatic rings. The Morgan fingerprint density at radius 3 is 2.49 bits per heavy atom. The normalized spacial score (nSPS) is 10.9. The summed E-state index contributed by atoms with van der Waals surface area (Å²) in [5.41, 5.74) is 9.21. The number of carbonyl (C=O) groups excluding carboxylic acids is 2. The van der Waals surface area contributed by atoms with E-state index in [1.165, 1.54) is 23.1 Å². The molecule has 0 aliphatic heterocycles. The van der Waals surface area contributed by atoms with Gasteiger partial charge in [-0.3, -0.25) is 9.59 Å². The van der Waals surface area contributed by atoms with Gasteiger partial charge in [-0.25, -0.2) is 10.4 Å². The molecule has 43 heavy (non-hydrogen) atoms. The van der Waals surface area contributed by atoms with Crippen LogP contribution in [0.2, 0.25) is 5.02 Å². The summed E-state index contributed by atoms with van der Waals surface area (Å²) in [4.78, 5) is 29.5. The number of anilines is 3. The summed E-state index contributed by atoms with van der Waals surface area (Å²) in [6, 6.07) is 27.8.